The summed E-state index contributed by atoms with van der Waals surface area (Å²) in [5.41, 5.74) is -1.32. The largest absolute Gasteiger partial charge is 0.452 e. The van der Waals surface area contributed by atoms with Crippen molar-refractivity contribution in [1.29, 1.82) is 0 Å². The first-order chi connectivity index (χ1) is 13.4. The zero-order valence-corrected chi connectivity index (χ0v) is 16.1. The number of rotatable bonds is 9. The van der Waals surface area contributed by atoms with Gasteiger partial charge in [-0.1, -0.05) is 24.0 Å². The fourth-order valence-corrected chi connectivity index (χ4v) is 4.78. The summed E-state index contributed by atoms with van der Waals surface area (Å²) in [7, 11) is 0. The number of aliphatic hydroxyl groups excluding tert-OH is 1. The number of ether oxygens (including phenoxy) is 3. The summed E-state index contributed by atoms with van der Waals surface area (Å²) < 4.78 is 14.7. The van der Waals surface area contributed by atoms with Crippen LogP contribution in [0.15, 0.2) is 12.2 Å². The van der Waals surface area contributed by atoms with E-state index in [0.717, 1.165) is 11.8 Å². The van der Waals surface area contributed by atoms with E-state index >= 15 is 0 Å². The number of terminal acetylenes is 2. The van der Waals surface area contributed by atoms with Crippen LogP contribution in [0.25, 0.3) is 0 Å². The Labute approximate surface area is 167 Å². The van der Waals surface area contributed by atoms with Gasteiger partial charge in [0.05, 0.1) is 13.2 Å². The van der Waals surface area contributed by atoms with E-state index in [-0.39, 0.29) is 38.0 Å². The van der Waals surface area contributed by atoms with Crippen LogP contribution in [-0.2, 0) is 28.6 Å². The van der Waals surface area contributed by atoms with Crippen molar-refractivity contribution >= 4 is 29.6 Å². The Hall–Kier alpha value is -2.46. The van der Waals surface area contributed by atoms with Crippen molar-refractivity contribution in [3.63, 3.8) is 0 Å². The van der Waals surface area contributed by atoms with E-state index in [1.165, 1.54) is 6.92 Å². The number of nitrogens with one attached hydrogen (secondary N) is 1. The number of thioether (sulfide) groups is 1. The number of amides is 1. The molecule has 2 rings (SSSR count). The van der Waals surface area contributed by atoms with Gasteiger partial charge in [0, 0.05) is 12.7 Å². The van der Waals surface area contributed by atoms with E-state index in [2.05, 4.69) is 17.2 Å². The third-order valence-electron chi connectivity index (χ3n) is 4.42. The molecule has 2 aliphatic rings. The highest BCUT2D eigenvalue weighted by atomic mass is 32.2. The minimum absolute atomic E-state index is 0.0605. The lowest BCUT2D eigenvalue weighted by Crippen LogP contribution is -2.59. The molecule has 9 heteroatoms. The third-order valence-corrected chi connectivity index (χ3v) is 5.92. The second-order valence-corrected chi connectivity index (χ2v) is 7.52. The number of fused-ring (bicyclic) bond motifs is 2. The van der Waals surface area contributed by atoms with Gasteiger partial charge in [0.1, 0.15) is 17.6 Å². The Morgan fingerprint density at radius 1 is 1.29 bits per heavy atom. The van der Waals surface area contributed by atoms with Crippen LogP contribution >= 0.6 is 11.8 Å². The van der Waals surface area contributed by atoms with E-state index in [1.54, 1.807) is 12.2 Å². The zero-order chi connectivity index (χ0) is 20.8. The lowest BCUT2D eigenvalue weighted by Gasteiger charge is -2.38. The van der Waals surface area contributed by atoms with Gasteiger partial charge in [-0.25, -0.2) is 0 Å². The van der Waals surface area contributed by atoms with Crippen molar-refractivity contribution in [2.75, 3.05) is 32.1 Å². The Morgan fingerprint density at radius 2 is 1.96 bits per heavy atom. The van der Waals surface area contributed by atoms with E-state index in [4.69, 9.17) is 27.1 Å². The average Bonchev–Trinajstić information content (AvgIpc) is 3.22. The second-order valence-electron chi connectivity index (χ2n) is 6.15. The molecule has 28 heavy (non-hydrogen) atoms. The minimum atomic E-state index is -1.54. The molecule has 150 valence electrons. The van der Waals surface area contributed by atoms with Gasteiger partial charge in [-0.2, -0.15) is 0 Å². The molecule has 0 spiro atoms. The monoisotopic (exact) mass is 407 g/mol. The fraction of sp³-hybridized carbons (Fsp3) is 0.526. The third kappa shape index (κ3) is 3.88. The van der Waals surface area contributed by atoms with Crippen molar-refractivity contribution in [3.05, 3.63) is 12.2 Å². The minimum Gasteiger partial charge on any atom is -0.452 e. The maximum atomic E-state index is 13.0. The van der Waals surface area contributed by atoms with Crippen molar-refractivity contribution in [3.8, 4) is 24.7 Å². The first kappa shape index (κ1) is 21.8. The topological polar surface area (TPSA) is 111 Å². The molecule has 0 radical (unpaired) electrons. The van der Waals surface area contributed by atoms with Gasteiger partial charge in [0.25, 0.3) is 0 Å². The number of aliphatic hydroxyl groups is 1. The Balaban J connectivity index is 2.50. The lowest BCUT2D eigenvalue weighted by atomic mass is 9.74. The normalized spacial score (nSPS) is 29.6. The first-order valence-electron chi connectivity index (χ1n) is 8.45. The number of esters is 2. The van der Waals surface area contributed by atoms with Crippen molar-refractivity contribution < 1.29 is 33.7 Å². The number of hydrogen-bond acceptors (Lipinski definition) is 8. The maximum Gasteiger partial charge on any atom is 0.327 e. The van der Waals surface area contributed by atoms with E-state index in [1.807, 2.05) is 0 Å². The van der Waals surface area contributed by atoms with E-state index in [0.29, 0.717) is 0 Å². The molecule has 1 saturated heterocycles. The summed E-state index contributed by atoms with van der Waals surface area (Å²) in [5, 5.41) is 11.9. The Morgan fingerprint density at radius 3 is 2.57 bits per heavy atom. The Kier molecular flexibility index (Phi) is 7.14. The average molecular weight is 407 g/mol. The molecule has 2 heterocycles. The smallest absolute Gasteiger partial charge is 0.327 e. The summed E-state index contributed by atoms with van der Waals surface area (Å²) in [6, 6.07) is 0. The van der Waals surface area contributed by atoms with Gasteiger partial charge in [-0.15, -0.1) is 24.6 Å². The standard InChI is InChI=1S/C19H21NO7S/c1-4-9-25-16(23)15-18(12-20-13(3)22)7-6-14(27-18)19(15,28-11-8-21)17(24)26-10-5-2/h1-2,6-7,14-15,21H,8-12H2,3H3,(H,20,22)/t14-,15-,18-,19-/m1/s1. The highest BCUT2D eigenvalue weighted by Gasteiger charge is 2.72. The molecule has 2 N–H and O–H groups in total. The van der Waals surface area contributed by atoms with E-state index < -0.39 is 34.3 Å². The van der Waals surface area contributed by atoms with Crippen LogP contribution in [0.5, 0.6) is 0 Å². The lowest BCUT2D eigenvalue weighted by molar-refractivity contribution is -0.158. The first-order valence-corrected chi connectivity index (χ1v) is 9.43. The van der Waals surface area contributed by atoms with Crippen molar-refractivity contribution in [2.45, 2.75) is 23.4 Å². The van der Waals surface area contributed by atoms with Gasteiger partial charge >= 0.3 is 11.9 Å². The zero-order valence-electron chi connectivity index (χ0n) is 15.3. The molecule has 0 aromatic heterocycles. The summed E-state index contributed by atoms with van der Waals surface area (Å²) in [5.74, 6) is 1.52. The van der Waals surface area contributed by atoms with Crippen LogP contribution < -0.4 is 5.32 Å². The molecular formula is C19H21NO7S. The molecule has 0 saturated carbocycles. The predicted molar refractivity (Wildman–Crippen MR) is 101 cm³/mol. The van der Waals surface area contributed by atoms with Gasteiger partial charge < -0.3 is 24.6 Å². The van der Waals surface area contributed by atoms with E-state index in [9.17, 15) is 19.5 Å². The maximum absolute atomic E-state index is 13.0. The molecule has 2 aliphatic heterocycles. The van der Waals surface area contributed by atoms with Crippen LogP contribution in [0.1, 0.15) is 6.92 Å². The Bertz CT molecular complexity index is 752. The summed E-state index contributed by atoms with van der Waals surface area (Å²) >= 11 is 1.02. The number of hydrogen-bond donors (Lipinski definition) is 2. The van der Waals surface area contributed by atoms with Crippen LogP contribution in [0.2, 0.25) is 0 Å². The van der Waals surface area contributed by atoms with Crippen LogP contribution in [0.4, 0.5) is 0 Å². The quantitative estimate of drug-likeness (QED) is 0.292. The molecule has 1 amide bonds. The van der Waals surface area contributed by atoms with Gasteiger partial charge in [0.2, 0.25) is 5.91 Å². The predicted octanol–water partition coefficient (Wildman–Crippen LogP) is -0.737. The fourth-order valence-electron chi connectivity index (χ4n) is 3.42. The van der Waals surface area contributed by atoms with Crippen molar-refractivity contribution in [2.24, 2.45) is 5.92 Å². The summed E-state index contributed by atoms with van der Waals surface area (Å²) in [6.07, 6.45) is 12.8. The highest BCUT2D eigenvalue weighted by Crippen LogP contribution is 2.56. The molecule has 0 aromatic rings. The molecule has 2 bridgehead atoms. The SMILES string of the molecule is C#CCOC(=O)[C@H]1[C@@](SCCO)(C(=O)OCC#C)[C@H]2C=C[C@]1(CNC(C)=O)O2. The van der Waals surface area contributed by atoms with Gasteiger partial charge in [0.15, 0.2) is 18.0 Å². The molecule has 0 unspecified atom stereocenters. The summed E-state index contributed by atoms with van der Waals surface area (Å²) in [6.45, 7) is 0.440. The van der Waals surface area contributed by atoms with Crippen molar-refractivity contribution in [1.82, 2.24) is 5.32 Å². The summed E-state index contributed by atoms with van der Waals surface area (Å²) in [4.78, 5) is 37.4. The number of carbonyl (C=O) groups is 3. The molecular weight excluding hydrogens is 386 g/mol. The van der Waals surface area contributed by atoms with Gasteiger partial charge in [-0.05, 0) is 0 Å². The molecule has 0 aromatic carbocycles. The van der Waals surface area contributed by atoms with Crippen LogP contribution in [0, 0.1) is 30.6 Å². The second kappa shape index (κ2) is 9.16. The van der Waals surface area contributed by atoms with Crippen LogP contribution in [0.3, 0.4) is 0 Å². The molecule has 4 atom stereocenters. The molecule has 0 aliphatic carbocycles. The molecule has 8 nitrogen and oxygen atoms in total. The highest BCUT2D eigenvalue weighted by molar-refractivity contribution is 8.01. The van der Waals surface area contributed by atoms with Gasteiger partial charge in [-0.3, -0.25) is 14.4 Å². The number of carbonyl (C=O) groups excluding carboxylic acids is 3. The van der Waals surface area contributed by atoms with Crippen LogP contribution in [-0.4, -0.2) is 71.5 Å². The molecule has 1 fully saturated rings.